The van der Waals surface area contributed by atoms with Crippen molar-refractivity contribution in [1.82, 2.24) is 0 Å². The van der Waals surface area contributed by atoms with Crippen LogP contribution in [0.25, 0.3) is 0 Å². The first-order valence-corrected chi connectivity index (χ1v) is 8.12. The topological polar surface area (TPSA) is 9.23 Å². The van der Waals surface area contributed by atoms with Crippen LogP contribution in [-0.4, -0.2) is 12.2 Å². The maximum Gasteiger partial charge on any atom is 0.0692 e. The van der Waals surface area contributed by atoms with Crippen LogP contribution in [0.2, 0.25) is 0 Å². The molecule has 0 aliphatic heterocycles. The molecule has 3 aliphatic rings. The molecular weight excluding hydrogens is 232 g/mol. The second-order valence-electron chi connectivity index (χ2n) is 8.25. The van der Waals surface area contributed by atoms with E-state index in [0.29, 0.717) is 17.4 Å². The highest BCUT2D eigenvalue weighted by molar-refractivity contribution is 5.17. The van der Waals surface area contributed by atoms with Gasteiger partial charge in [0.2, 0.25) is 0 Å². The molecule has 0 saturated heterocycles. The minimum absolute atomic E-state index is 0.0764. The summed E-state index contributed by atoms with van der Waals surface area (Å²) in [6, 6.07) is 0. The molecule has 3 fully saturated rings. The van der Waals surface area contributed by atoms with E-state index in [-0.39, 0.29) is 5.60 Å². The average molecular weight is 262 g/mol. The third-order valence-electron chi connectivity index (χ3n) is 7.30. The minimum atomic E-state index is 0.0764. The molecule has 0 amide bonds. The molecule has 2 bridgehead atoms. The van der Waals surface area contributed by atoms with Gasteiger partial charge in [-0.2, -0.15) is 0 Å². The Kier molecular flexibility index (Phi) is 2.95. The second kappa shape index (κ2) is 4.10. The van der Waals surface area contributed by atoms with E-state index in [2.05, 4.69) is 34.3 Å². The van der Waals surface area contributed by atoms with E-state index < -0.39 is 0 Å². The Hall–Kier alpha value is -0.300. The Morgan fingerprint density at radius 2 is 1.89 bits per heavy atom. The molecule has 19 heavy (non-hydrogen) atoms. The predicted octanol–water partition coefficient (Wildman–Crippen LogP) is 4.82. The van der Waals surface area contributed by atoms with Crippen molar-refractivity contribution in [3.05, 3.63) is 12.7 Å². The zero-order chi connectivity index (χ0) is 13.9. The summed E-state index contributed by atoms with van der Waals surface area (Å²) in [6.45, 7) is 14.4. The van der Waals surface area contributed by atoms with Crippen molar-refractivity contribution in [2.75, 3.05) is 6.61 Å². The van der Waals surface area contributed by atoms with Crippen molar-refractivity contribution < 1.29 is 4.74 Å². The fourth-order valence-electron chi connectivity index (χ4n) is 6.28. The maximum atomic E-state index is 6.26. The molecule has 5 unspecified atom stereocenters. The first-order valence-electron chi connectivity index (χ1n) is 8.12. The molecule has 1 heteroatoms. The summed E-state index contributed by atoms with van der Waals surface area (Å²) in [5.41, 5.74) is 1.16. The molecule has 108 valence electrons. The lowest BCUT2D eigenvalue weighted by atomic mass is 9.64. The van der Waals surface area contributed by atoms with Crippen LogP contribution in [0.1, 0.15) is 59.8 Å². The number of ether oxygens (including phenoxy) is 1. The molecule has 3 rings (SSSR count). The third-order valence-corrected chi connectivity index (χ3v) is 7.30. The van der Waals surface area contributed by atoms with Crippen molar-refractivity contribution >= 4 is 0 Å². The fourth-order valence-corrected chi connectivity index (χ4v) is 6.28. The molecule has 1 spiro atoms. The number of fused-ring (bicyclic) bond motifs is 1. The van der Waals surface area contributed by atoms with Crippen LogP contribution < -0.4 is 0 Å². The van der Waals surface area contributed by atoms with Crippen molar-refractivity contribution in [2.45, 2.75) is 65.4 Å². The van der Waals surface area contributed by atoms with Gasteiger partial charge in [-0.05, 0) is 67.6 Å². The van der Waals surface area contributed by atoms with E-state index in [1.165, 1.54) is 32.1 Å². The maximum absolute atomic E-state index is 6.26. The zero-order valence-corrected chi connectivity index (χ0v) is 13.2. The lowest BCUT2D eigenvalue weighted by molar-refractivity contribution is -0.113. The van der Waals surface area contributed by atoms with Crippen molar-refractivity contribution in [3.8, 4) is 0 Å². The van der Waals surface area contributed by atoms with E-state index in [1.54, 1.807) is 0 Å². The van der Waals surface area contributed by atoms with Crippen LogP contribution in [0.5, 0.6) is 0 Å². The molecule has 0 radical (unpaired) electrons. The van der Waals surface area contributed by atoms with Crippen LogP contribution in [0.15, 0.2) is 12.7 Å². The summed E-state index contributed by atoms with van der Waals surface area (Å²) < 4.78 is 6.26. The fraction of sp³-hybridized carbons (Fsp3) is 0.889. The zero-order valence-electron chi connectivity index (χ0n) is 13.2. The molecule has 0 aromatic carbocycles. The first kappa shape index (κ1) is 13.7. The highest BCUT2D eigenvalue weighted by Gasteiger charge is 2.68. The molecule has 0 N–H and O–H groups in total. The monoisotopic (exact) mass is 262 g/mol. The van der Waals surface area contributed by atoms with Crippen molar-refractivity contribution in [3.63, 3.8) is 0 Å². The molecule has 3 aliphatic carbocycles. The van der Waals surface area contributed by atoms with Gasteiger partial charge in [-0.3, -0.25) is 0 Å². The van der Waals surface area contributed by atoms with Gasteiger partial charge in [0, 0.05) is 0 Å². The van der Waals surface area contributed by atoms with Crippen LogP contribution >= 0.6 is 0 Å². The summed E-state index contributed by atoms with van der Waals surface area (Å²) in [5.74, 6) is 2.57. The van der Waals surface area contributed by atoms with Crippen molar-refractivity contribution in [2.24, 2.45) is 28.6 Å². The largest absolute Gasteiger partial charge is 0.371 e. The van der Waals surface area contributed by atoms with Crippen LogP contribution in [0, 0.1) is 28.6 Å². The lowest BCUT2D eigenvalue weighted by Gasteiger charge is -2.47. The SMILES string of the molecule is C=CCOC1(C)CCC23CC1C(C)(C)C2CCC3C. The smallest absolute Gasteiger partial charge is 0.0692 e. The minimum Gasteiger partial charge on any atom is -0.371 e. The second-order valence-corrected chi connectivity index (χ2v) is 8.25. The highest BCUT2D eigenvalue weighted by atomic mass is 16.5. The molecule has 0 aromatic rings. The lowest BCUT2D eigenvalue weighted by Crippen LogP contribution is -2.46. The Morgan fingerprint density at radius 1 is 1.16 bits per heavy atom. The Bertz CT molecular complexity index is 385. The van der Waals surface area contributed by atoms with Gasteiger partial charge in [-0.15, -0.1) is 6.58 Å². The molecule has 3 saturated carbocycles. The Labute approximate surface area is 118 Å². The molecule has 0 heterocycles. The first-order chi connectivity index (χ1) is 8.87. The Morgan fingerprint density at radius 3 is 2.58 bits per heavy atom. The van der Waals surface area contributed by atoms with Crippen LogP contribution in [0.4, 0.5) is 0 Å². The molecule has 0 aromatic heterocycles. The van der Waals surface area contributed by atoms with E-state index in [1.807, 2.05) is 6.08 Å². The van der Waals surface area contributed by atoms with Gasteiger partial charge >= 0.3 is 0 Å². The van der Waals surface area contributed by atoms with Crippen LogP contribution in [0.3, 0.4) is 0 Å². The van der Waals surface area contributed by atoms with Gasteiger partial charge in [0.1, 0.15) is 0 Å². The van der Waals surface area contributed by atoms with Crippen LogP contribution in [-0.2, 0) is 4.74 Å². The standard InChI is InChI=1S/C18H30O/c1-6-11-19-17(5)9-10-18-12-15(17)16(3,4)14(18)8-7-13(18)2/h6,13-15H,1,7-12H2,2-5H3. The van der Waals surface area contributed by atoms with Gasteiger partial charge in [0.05, 0.1) is 12.2 Å². The van der Waals surface area contributed by atoms with Gasteiger partial charge in [0.15, 0.2) is 0 Å². The van der Waals surface area contributed by atoms with E-state index in [4.69, 9.17) is 4.74 Å². The molecular formula is C18H30O. The number of hydrogen-bond donors (Lipinski definition) is 0. The van der Waals surface area contributed by atoms with E-state index in [9.17, 15) is 0 Å². The number of rotatable bonds is 3. The quantitative estimate of drug-likeness (QED) is 0.663. The van der Waals surface area contributed by atoms with E-state index >= 15 is 0 Å². The predicted molar refractivity (Wildman–Crippen MR) is 80.0 cm³/mol. The molecule has 5 atom stereocenters. The Balaban J connectivity index is 1.94. The summed E-state index contributed by atoms with van der Waals surface area (Å²) in [5, 5.41) is 0. The summed E-state index contributed by atoms with van der Waals surface area (Å²) in [4.78, 5) is 0. The van der Waals surface area contributed by atoms with E-state index in [0.717, 1.165) is 17.8 Å². The van der Waals surface area contributed by atoms with Crippen molar-refractivity contribution in [1.29, 1.82) is 0 Å². The summed E-state index contributed by atoms with van der Waals surface area (Å²) in [6.07, 6.45) is 8.83. The van der Waals surface area contributed by atoms with Gasteiger partial charge in [-0.25, -0.2) is 0 Å². The molecule has 1 nitrogen and oxygen atoms in total. The summed E-state index contributed by atoms with van der Waals surface area (Å²) in [7, 11) is 0. The van der Waals surface area contributed by atoms with Gasteiger partial charge < -0.3 is 4.74 Å². The van der Waals surface area contributed by atoms with Gasteiger partial charge in [-0.1, -0.05) is 26.8 Å². The highest BCUT2D eigenvalue weighted by Crippen LogP contribution is 2.73. The average Bonchev–Trinajstić information content (AvgIpc) is 2.78. The number of hydrogen-bond acceptors (Lipinski definition) is 1. The summed E-state index contributed by atoms with van der Waals surface area (Å²) >= 11 is 0. The normalized spacial score (nSPS) is 51.1. The van der Waals surface area contributed by atoms with Gasteiger partial charge in [0.25, 0.3) is 0 Å². The third kappa shape index (κ3) is 1.63.